The number of piperidine rings is 1. The van der Waals surface area contributed by atoms with Crippen LogP contribution in [-0.2, 0) is 11.3 Å². The van der Waals surface area contributed by atoms with Gasteiger partial charge in [-0.1, -0.05) is 35.0 Å². The van der Waals surface area contributed by atoms with E-state index in [1.807, 2.05) is 17.7 Å². The molecule has 3 aromatic heterocycles. The number of carbonyl (C=O) groups is 1. The molecule has 2 aliphatic rings. The Morgan fingerprint density at radius 2 is 1.84 bits per heavy atom. The Morgan fingerprint density at radius 3 is 2.39 bits per heavy atom. The Kier molecular flexibility index (Phi) is 7.98. The van der Waals surface area contributed by atoms with Crippen molar-refractivity contribution in [2.45, 2.75) is 48.4 Å². The largest absolute Gasteiger partial charge is 0.490 e. The van der Waals surface area contributed by atoms with Gasteiger partial charge >= 0.3 is 12.1 Å². The maximum Gasteiger partial charge on any atom is 0.490 e. The van der Waals surface area contributed by atoms with Gasteiger partial charge in [0, 0.05) is 36.1 Å². The van der Waals surface area contributed by atoms with Crippen molar-refractivity contribution in [1.29, 1.82) is 0 Å². The number of halogens is 5. The summed E-state index contributed by atoms with van der Waals surface area (Å²) in [5.74, 6) is -1.59. The third-order valence-electron chi connectivity index (χ3n) is 6.55. The average Bonchev–Trinajstić information content (AvgIpc) is 3.28. The highest BCUT2D eigenvalue weighted by Crippen LogP contribution is 2.50. The molecule has 16 heteroatoms. The SMILES string of the molecule is Cc1nn2c(c1Cl)[C@@H](N)C1(CCN(c3cnc(Sc4ccnc(N)c4Cl)cn3)CC1)C2.O=C(O)C(F)(F)F. The number of aryl methyl sites for hydroxylation is 1. The normalized spacial score (nSPS) is 18.2. The van der Waals surface area contributed by atoms with Gasteiger partial charge in [0.2, 0.25) is 0 Å². The van der Waals surface area contributed by atoms with Crippen molar-refractivity contribution in [2.75, 3.05) is 23.7 Å². The predicted octanol–water partition coefficient (Wildman–Crippen LogP) is 4.35. The van der Waals surface area contributed by atoms with E-state index < -0.39 is 12.1 Å². The molecule has 1 atom stereocenters. The molecule has 38 heavy (non-hydrogen) atoms. The third-order valence-corrected chi connectivity index (χ3v) is 8.50. The molecular formula is C22H23Cl2F3N8O2S. The Hall–Kier alpha value is -2.81. The molecule has 0 unspecified atom stereocenters. The summed E-state index contributed by atoms with van der Waals surface area (Å²) in [5.41, 5.74) is 14.2. The lowest BCUT2D eigenvalue weighted by Gasteiger charge is -2.41. The van der Waals surface area contributed by atoms with Gasteiger partial charge in [0.05, 0.1) is 39.9 Å². The first-order valence-electron chi connectivity index (χ1n) is 11.3. The molecule has 1 saturated heterocycles. The van der Waals surface area contributed by atoms with Gasteiger partial charge in [0.1, 0.15) is 16.7 Å². The van der Waals surface area contributed by atoms with Crippen LogP contribution < -0.4 is 16.4 Å². The molecule has 0 aliphatic carbocycles. The Morgan fingerprint density at radius 1 is 1.18 bits per heavy atom. The fourth-order valence-corrected chi connectivity index (χ4v) is 5.73. The zero-order valence-corrected chi connectivity index (χ0v) is 22.2. The minimum absolute atomic E-state index is 0.00256. The second-order valence-electron chi connectivity index (χ2n) is 8.90. The van der Waals surface area contributed by atoms with E-state index in [4.69, 9.17) is 44.6 Å². The van der Waals surface area contributed by atoms with Crippen LogP contribution in [0.2, 0.25) is 10.0 Å². The van der Waals surface area contributed by atoms with E-state index >= 15 is 0 Å². The lowest BCUT2D eigenvalue weighted by Crippen LogP contribution is -2.45. The summed E-state index contributed by atoms with van der Waals surface area (Å²) in [6.07, 6.45) is 2.02. The Bertz CT molecular complexity index is 1330. The average molecular weight is 591 g/mol. The van der Waals surface area contributed by atoms with Crippen LogP contribution in [0.1, 0.15) is 30.3 Å². The van der Waals surface area contributed by atoms with Gasteiger partial charge in [-0.2, -0.15) is 18.3 Å². The number of carboxylic acid groups (broad SMARTS) is 1. The Labute approximate surface area is 229 Å². The molecule has 0 bridgehead atoms. The molecule has 10 nitrogen and oxygen atoms in total. The molecule has 2 aliphatic heterocycles. The first-order chi connectivity index (χ1) is 17.8. The van der Waals surface area contributed by atoms with Crippen molar-refractivity contribution in [3.63, 3.8) is 0 Å². The zero-order valence-electron chi connectivity index (χ0n) is 19.9. The minimum Gasteiger partial charge on any atom is -0.475 e. The van der Waals surface area contributed by atoms with E-state index in [2.05, 4.69) is 25.0 Å². The van der Waals surface area contributed by atoms with Crippen molar-refractivity contribution in [2.24, 2.45) is 11.1 Å². The van der Waals surface area contributed by atoms with E-state index in [1.165, 1.54) is 11.8 Å². The number of rotatable bonds is 3. The topological polar surface area (TPSA) is 149 Å². The van der Waals surface area contributed by atoms with Crippen molar-refractivity contribution in [1.82, 2.24) is 24.7 Å². The summed E-state index contributed by atoms with van der Waals surface area (Å²) in [6.45, 7) is 4.47. The number of aromatic nitrogens is 5. The van der Waals surface area contributed by atoms with Crippen LogP contribution in [0.25, 0.3) is 0 Å². The molecule has 5 rings (SSSR count). The number of hydrogen-bond acceptors (Lipinski definition) is 9. The minimum atomic E-state index is -5.08. The number of nitrogen functional groups attached to an aromatic ring is 1. The lowest BCUT2D eigenvalue weighted by atomic mass is 9.73. The number of aliphatic carboxylic acids is 1. The second kappa shape index (κ2) is 10.8. The summed E-state index contributed by atoms with van der Waals surface area (Å²) in [7, 11) is 0. The fourth-order valence-electron chi connectivity index (χ4n) is 4.49. The van der Waals surface area contributed by atoms with Crippen molar-refractivity contribution >= 4 is 52.6 Å². The smallest absolute Gasteiger partial charge is 0.475 e. The second-order valence-corrected chi connectivity index (χ2v) is 10.7. The third kappa shape index (κ3) is 5.63. The quantitative estimate of drug-likeness (QED) is 0.401. The highest BCUT2D eigenvalue weighted by molar-refractivity contribution is 7.99. The first-order valence-corrected chi connectivity index (χ1v) is 12.8. The van der Waals surface area contributed by atoms with E-state index in [0.29, 0.717) is 15.9 Å². The van der Waals surface area contributed by atoms with Crippen molar-refractivity contribution in [3.05, 3.63) is 46.1 Å². The monoisotopic (exact) mass is 590 g/mol. The summed E-state index contributed by atoms with van der Waals surface area (Å²) in [6, 6.07) is 1.72. The van der Waals surface area contributed by atoms with Crippen LogP contribution in [0.4, 0.5) is 24.8 Å². The molecule has 0 radical (unpaired) electrons. The van der Waals surface area contributed by atoms with Crippen LogP contribution >= 0.6 is 35.0 Å². The van der Waals surface area contributed by atoms with Gasteiger partial charge in [0.25, 0.3) is 0 Å². The fraction of sp³-hybridized carbons (Fsp3) is 0.409. The molecular weight excluding hydrogens is 568 g/mol. The number of carboxylic acids is 1. The van der Waals surface area contributed by atoms with Crippen LogP contribution in [0.3, 0.4) is 0 Å². The van der Waals surface area contributed by atoms with Crippen LogP contribution in [0.5, 0.6) is 0 Å². The lowest BCUT2D eigenvalue weighted by molar-refractivity contribution is -0.192. The molecule has 1 spiro atoms. The van der Waals surface area contributed by atoms with Gasteiger partial charge in [0.15, 0.2) is 0 Å². The maximum atomic E-state index is 10.6. The summed E-state index contributed by atoms with van der Waals surface area (Å²) < 4.78 is 33.7. The standard InChI is InChI=1S/C20H22Cl2N8S.C2HF3O2/c1-11-15(21)17-18(23)20(10-30(17)28-11)3-6-29(7-4-20)13-8-27-14(9-26-13)31-12-2-5-25-19(24)16(12)22;3-2(4,5)1(6)7/h2,5,8-9,18H,3-4,6-7,10,23H2,1H3,(H2,24,25);(H,6,7)/t18-;/m1./s1. The molecule has 5 heterocycles. The van der Waals surface area contributed by atoms with Gasteiger partial charge in [-0.05, 0) is 25.8 Å². The van der Waals surface area contributed by atoms with Crippen molar-refractivity contribution in [3.8, 4) is 0 Å². The van der Waals surface area contributed by atoms with Crippen LogP contribution in [0, 0.1) is 12.3 Å². The molecule has 204 valence electrons. The number of hydrogen-bond donors (Lipinski definition) is 3. The number of alkyl halides is 3. The number of anilines is 2. The number of nitrogens with zero attached hydrogens (tertiary/aromatic N) is 6. The zero-order chi connectivity index (χ0) is 27.8. The highest BCUT2D eigenvalue weighted by atomic mass is 35.5. The molecule has 0 amide bonds. The summed E-state index contributed by atoms with van der Waals surface area (Å²) in [5, 5.41) is 13.6. The molecule has 0 aromatic carbocycles. The van der Waals surface area contributed by atoms with Crippen molar-refractivity contribution < 1.29 is 23.1 Å². The van der Waals surface area contributed by atoms with Crippen LogP contribution in [0.15, 0.2) is 34.6 Å². The van der Waals surface area contributed by atoms with Gasteiger partial charge in [-0.15, -0.1) is 0 Å². The van der Waals surface area contributed by atoms with E-state index in [1.54, 1.807) is 18.6 Å². The van der Waals surface area contributed by atoms with Gasteiger partial charge in [-0.25, -0.2) is 19.7 Å². The van der Waals surface area contributed by atoms with E-state index in [-0.39, 0.29) is 11.5 Å². The first kappa shape index (κ1) is 28.2. The van der Waals surface area contributed by atoms with Crippen LogP contribution in [-0.4, -0.2) is 55.1 Å². The summed E-state index contributed by atoms with van der Waals surface area (Å²) >= 11 is 14.1. The van der Waals surface area contributed by atoms with E-state index in [0.717, 1.165) is 59.6 Å². The summed E-state index contributed by atoms with van der Waals surface area (Å²) in [4.78, 5) is 25.1. The van der Waals surface area contributed by atoms with E-state index in [9.17, 15) is 13.2 Å². The number of pyridine rings is 1. The number of nitrogens with two attached hydrogens (primary N) is 2. The molecule has 1 fully saturated rings. The Balaban J connectivity index is 0.000000426. The maximum absolute atomic E-state index is 10.6. The highest BCUT2D eigenvalue weighted by Gasteiger charge is 2.48. The molecule has 5 N–H and O–H groups in total. The predicted molar refractivity (Wildman–Crippen MR) is 136 cm³/mol. The molecule has 3 aromatic rings. The van der Waals surface area contributed by atoms with Gasteiger partial charge < -0.3 is 21.5 Å². The number of fused-ring (bicyclic) bond motifs is 1. The van der Waals surface area contributed by atoms with Gasteiger partial charge in [-0.3, -0.25) is 4.68 Å². The molecule has 0 saturated carbocycles.